The normalized spacial score (nSPS) is 14.0. The summed E-state index contributed by atoms with van der Waals surface area (Å²) in [5, 5.41) is 2.96. The van der Waals surface area contributed by atoms with Crippen LogP contribution in [0, 0.1) is 5.92 Å². The molecule has 0 aromatic heterocycles. The molecule has 0 spiro atoms. The second kappa shape index (κ2) is 4.61. The summed E-state index contributed by atoms with van der Waals surface area (Å²) in [6, 6.07) is 0. The molecule has 0 aromatic rings. The molecule has 1 N–H and O–H groups in total. The first-order valence-corrected chi connectivity index (χ1v) is 3.02. The van der Waals surface area contributed by atoms with Crippen molar-refractivity contribution < 1.29 is 0 Å². The summed E-state index contributed by atoms with van der Waals surface area (Å²) in [7, 11) is 7.76. The van der Waals surface area contributed by atoms with E-state index in [0.717, 1.165) is 12.9 Å². The first kappa shape index (κ1) is 7.45. The molecule has 3 heteroatoms. The van der Waals surface area contributed by atoms with Crippen molar-refractivity contribution in [3.05, 3.63) is 0 Å². The zero-order valence-electron chi connectivity index (χ0n) is 4.65. The Morgan fingerprint density at radius 3 is 2.57 bits per heavy atom. The minimum Gasteiger partial charge on any atom is -0.300 e. The maximum Gasteiger partial charge on any atom is 0.0657 e. The van der Waals surface area contributed by atoms with Crippen molar-refractivity contribution >= 4 is 17.2 Å². The average Bonchev–Trinajstić information content (AvgIpc) is 1.68. The van der Waals surface area contributed by atoms with Crippen LogP contribution in [0.5, 0.6) is 0 Å². The van der Waals surface area contributed by atoms with Gasteiger partial charge in [-0.2, -0.15) is 0 Å². The average molecular weight is 115 g/mol. The minimum absolute atomic E-state index is 0.595. The molecule has 0 rings (SSSR count). The van der Waals surface area contributed by atoms with E-state index in [1.54, 1.807) is 0 Å². The number of hydrogen-bond donors (Lipinski definition) is 1. The predicted octanol–water partition coefficient (Wildman–Crippen LogP) is 0.589. The number of rotatable bonds is 3. The summed E-state index contributed by atoms with van der Waals surface area (Å²) >= 11 is 0. The van der Waals surface area contributed by atoms with Crippen LogP contribution in [-0.4, -0.2) is 14.4 Å². The second-order valence-corrected chi connectivity index (χ2v) is 2.16. The van der Waals surface area contributed by atoms with Crippen LogP contribution in [0.2, 0.25) is 6.32 Å². The molecule has 2 radical (unpaired) electrons. The largest absolute Gasteiger partial charge is 0.300 e. The fourth-order valence-electron chi connectivity index (χ4n) is 0.285. The van der Waals surface area contributed by atoms with E-state index in [4.69, 9.17) is 7.85 Å². The van der Waals surface area contributed by atoms with Gasteiger partial charge in [-0.25, -0.2) is 0 Å². The molecule has 0 fully saturated rings. The number of hydrogen-bond acceptors (Lipinski definition) is 1. The Morgan fingerprint density at radius 1 is 1.86 bits per heavy atom. The van der Waals surface area contributed by atoms with Gasteiger partial charge in [0, 0.05) is 6.54 Å². The SMILES string of the molecule is [B]C[C@@H](C)CNP. The van der Waals surface area contributed by atoms with Crippen LogP contribution < -0.4 is 5.09 Å². The molecule has 2 atom stereocenters. The summed E-state index contributed by atoms with van der Waals surface area (Å²) in [6.45, 7) is 3.10. The van der Waals surface area contributed by atoms with Crippen molar-refractivity contribution in [2.24, 2.45) is 5.92 Å². The van der Waals surface area contributed by atoms with E-state index in [0.29, 0.717) is 5.92 Å². The van der Waals surface area contributed by atoms with Gasteiger partial charge in [-0.3, -0.25) is 0 Å². The highest BCUT2D eigenvalue weighted by Gasteiger charge is 1.91. The smallest absolute Gasteiger partial charge is 0.0657 e. The van der Waals surface area contributed by atoms with Crippen molar-refractivity contribution in [1.29, 1.82) is 0 Å². The van der Waals surface area contributed by atoms with E-state index in [2.05, 4.69) is 21.4 Å². The van der Waals surface area contributed by atoms with Crippen LogP contribution in [0.3, 0.4) is 0 Å². The zero-order chi connectivity index (χ0) is 5.70. The van der Waals surface area contributed by atoms with E-state index in [-0.39, 0.29) is 0 Å². The van der Waals surface area contributed by atoms with Gasteiger partial charge < -0.3 is 5.09 Å². The Kier molecular flexibility index (Phi) is 4.91. The Hall–Kier alpha value is 0.455. The molecule has 0 aliphatic heterocycles. The Morgan fingerprint density at radius 2 is 2.43 bits per heavy atom. The Labute approximate surface area is 48.9 Å². The summed E-state index contributed by atoms with van der Waals surface area (Å²) in [6.07, 6.45) is 0.765. The highest BCUT2D eigenvalue weighted by molar-refractivity contribution is 7.13. The monoisotopic (exact) mass is 115 g/mol. The van der Waals surface area contributed by atoms with Crippen LogP contribution in [0.15, 0.2) is 0 Å². The first-order valence-electron chi connectivity index (χ1n) is 2.44. The van der Waals surface area contributed by atoms with Gasteiger partial charge in [0.1, 0.15) is 0 Å². The quantitative estimate of drug-likeness (QED) is 0.419. The molecule has 0 amide bonds. The van der Waals surface area contributed by atoms with Crippen molar-refractivity contribution in [3.63, 3.8) is 0 Å². The molecule has 0 saturated heterocycles. The molecule has 0 aliphatic carbocycles. The van der Waals surface area contributed by atoms with E-state index in [1.807, 2.05) is 0 Å². The van der Waals surface area contributed by atoms with Crippen LogP contribution in [0.25, 0.3) is 0 Å². The molecular weight excluding hydrogens is 104 g/mol. The van der Waals surface area contributed by atoms with Crippen molar-refractivity contribution in [3.8, 4) is 0 Å². The molecule has 1 nitrogen and oxygen atoms in total. The van der Waals surface area contributed by atoms with Gasteiger partial charge in [-0.1, -0.05) is 22.6 Å². The molecule has 0 heterocycles. The molecule has 0 aromatic carbocycles. The fraction of sp³-hybridized carbons (Fsp3) is 1.00. The van der Waals surface area contributed by atoms with E-state index in [9.17, 15) is 0 Å². The van der Waals surface area contributed by atoms with Gasteiger partial charge in [0.2, 0.25) is 0 Å². The second-order valence-electron chi connectivity index (χ2n) is 1.75. The molecule has 0 bridgehead atoms. The lowest BCUT2D eigenvalue weighted by atomic mass is 9.93. The third-order valence-electron chi connectivity index (χ3n) is 0.869. The molecule has 7 heavy (non-hydrogen) atoms. The van der Waals surface area contributed by atoms with E-state index in [1.165, 1.54) is 0 Å². The topological polar surface area (TPSA) is 12.0 Å². The highest BCUT2D eigenvalue weighted by atomic mass is 31.0. The summed E-state index contributed by atoms with van der Waals surface area (Å²) in [5.41, 5.74) is 0. The Bertz CT molecular complexity index is 42.7. The number of nitrogens with one attached hydrogen (secondary N) is 1. The van der Waals surface area contributed by atoms with Gasteiger partial charge in [0.05, 0.1) is 7.85 Å². The molecule has 0 aliphatic rings. The summed E-state index contributed by atoms with van der Waals surface area (Å²) in [4.78, 5) is 0. The van der Waals surface area contributed by atoms with Gasteiger partial charge in [0.15, 0.2) is 0 Å². The van der Waals surface area contributed by atoms with Gasteiger partial charge in [0.25, 0.3) is 0 Å². The maximum absolute atomic E-state index is 5.31. The molecular formula is C4H11BNP. The third kappa shape index (κ3) is 4.31. The minimum atomic E-state index is 0.595. The van der Waals surface area contributed by atoms with Crippen molar-refractivity contribution in [1.82, 2.24) is 5.09 Å². The zero-order valence-corrected chi connectivity index (χ0v) is 5.80. The standard InChI is InChI=1S/C4H11BNP/c1-4(2-5)3-6-7/h4,6H,2-3,7H2,1H3/t4-/m1/s1. The lowest BCUT2D eigenvalue weighted by Crippen LogP contribution is -2.09. The molecule has 1 unspecified atom stereocenters. The maximum atomic E-state index is 5.31. The lowest BCUT2D eigenvalue weighted by molar-refractivity contribution is 0.639. The summed E-state index contributed by atoms with van der Waals surface area (Å²) < 4.78 is 0. The van der Waals surface area contributed by atoms with Crippen LogP contribution in [0.1, 0.15) is 6.92 Å². The van der Waals surface area contributed by atoms with Gasteiger partial charge in [-0.05, 0) is 5.92 Å². The predicted molar refractivity (Wildman–Crippen MR) is 37.4 cm³/mol. The lowest BCUT2D eigenvalue weighted by Gasteiger charge is -2.04. The van der Waals surface area contributed by atoms with Crippen molar-refractivity contribution in [2.75, 3.05) is 6.54 Å². The van der Waals surface area contributed by atoms with Crippen LogP contribution in [-0.2, 0) is 0 Å². The third-order valence-corrected chi connectivity index (χ3v) is 1.10. The fourth-order valence-corrected chi connectivity index (χ4v) is 0.687. The Balaban J connectivity index is 2.83. The van der Waals surface area contributed by atoms with E-state index >= 15 is 0 Å². The van der Waals surface area contributed by atoms with Gasteiger partial charge >= 0.3 is 0 Å². The summed E-state index contributed by atoms with van der Waals surface area (Å²) in [5.74, 6) is 0.595. The molecule has 40 valence electrons. The van der Waals surface area contributed by atoms with Crippen LogP contribution in [0.4, 0.5) is 0 Å². The van der Waals surface area contributed by atoms with Crippen LogP contribution >= 0.6 is 9.39 Å². The highest BCUT2D eigenvalue weighted by Crippen LogP contribution is 1.95. The first-order chi connectivity index (χ1) is 3.31. The van der Waals surface area contributed by atoms with Crippen molar-refractivity contribution in [2.45, 2.75) is 13.2 Å². The molecule has 0 saturated carbocycles. The van der Waals surface area contributed by atoms with E-state index < -0.39 is 0 Å². The van der Waals surface area contributed by atoms with Gasteiger partial charge in [-0.15, -0.1) is 0 Å².